The first-order valence-electron chi connectivity index (χ1n) is 17.4. The molecule has 3 heteroatoms. The molecule has 3 aliphatic heterocycles. The third kappa shape index (κ3) is 3.09. The van der Waals surface area contributed by atoms with E-state index in [-0.39, 0.29) is 17.7 Å². The maximum absolute atomic E-state index is 2.83. The first-order valence-corrected chi connectivity index (χ1v) is 17.4. The van der Waals surface area contributed by atoms with Gasteiger partial charge in [-0.05, 0) is 94.3 Å². The van der Waals surface area contributed by atoms with Gasteiger partial charge in [-0.2, -0.15) is 0 Å². The first kappa shape index (κ1) is 26.1. The summed E-state index contributed by atoms with van der Waals surface area (Å²) >= 11 is 0. The topological polar surface area (TPSA) is 8.17 Å². The smallest absolute Gasteiger partial charge is 0.252 e. The summed E-state index contributed by atoms with van der Waals surface area (Å²) in [5.74, 6) is 0. The highest BCUT2D eigenvalue weighted by atomic mass is 15.3. The second-order valence-electron chi connectivity index (χ2n) is 14.8. The number of hydrogen-bond donors (Lipinski definition) is 0. The van der Waals surface area contributed by atoms with Crippen LogP contribution < -0.4 is 21.3 Å². The van der Waals surface area contributed by atoms with E-state index in [0.717, 1.165) is 0 Å². The minimum absolute atomic E-state index is 0.0119. The quantitative estimate of drug-likeness (QED) is 0.179. The minimum Gasteiger partial charge on any atom is -0.335 e. The summed E-state index contributed by atoms with van der Waals surface area (Å²) in [5, 5.41) is 2.67. The Bertz CT molecular complexity index is 2460. The van der Waals surface area contributed by atoms with E-state index >= 15 is 0 Å². The van der Waals surface area contributed by atoms with Gasteiger partial charge in [0.05, 0.1) is 11.1 Å². The van der Waals surface area contributed by atoms with Crippen LogP contribution in [0.1, 0.15) is 45.1 Å². The van der Waals surface area contributed by atoms with Crippen molar-refractivity contribution in [1.29, 1.82) is 0 Å². The standard InChI is InChI=1S/C44H35BN2/c1-43-22-11-12-23-44(43,2)47-39-21-13-20-38-40(39)45(36-27-31(25-34(43)42(36)47)29-16-7-4-8-17-29)35-26-30(28-14-5-3-6-15-28)24-33-32-18-9-10-19-37(32)46(38)41(33)35/h3-10,13-21,24-27H,11-12,22-23H2,1-2H3. The van der Waals surface area contributed by atoms with Gasteiger partial charge in [-0.25, -0.2) is 0 Å². The van der Waals surface area contributed by atoms with Gasteiger partial charge in [-0.3, -0.25) is 0 Å². The van der Waals surface area contributed by atoms with Gasteiger partial charge in [0.2, 0.25) is 0 Å². The molecule has 2 atom stereocenters. The molecule has 0 amide bonds. The van der Waals surface area contributed by atoms with Gasteiger partial charge in [0, 0.05) is 38.8 Å². The van der Waals surface area contributed by atoms with E-state index < -0.39 is 0 Å². The molecule has 0 saturated heterocycles. The summed E-state index contributed by atoms with van der Waals surface area (Å²) in [6, 6.07) is 48.4. The third-order valence-corrected chi connectivity index (χ3v) is 12.7. The number of para-hydroxylation sites is 1. The van der Waals surface area contributed by atoms with Crippen molar-refractivity contribution in [3.8, 4) is 27.9 Å². The number of hydrogen-bond acceptors (Lipinski definition) is 1. The van der Waals surface area contributed by atoms with Crippen LogP contribution in [-0.2, 0) is 5.41 Å². The Hall–Kier alpha value is -5.02. The van der Waals surface area contributed by atoms with Crippen LogP contribution in [0.4, 0.5) is 11.4 Å². The first-order chi connectivity index (χ1) is 23.1. The van der Waals surface area contributed by atoms with Gasteiger partial charge in [-0.15, -0.1) is 0 Å². The molecular weight excluding hydrogens is 567 g/mol. The molecule has 2 unspecified atom stereocenters. The lowest BCUT2D eigenvalue weighted by Crippen LogP contribution is -2.64. The molecule has 7 aromatic rings. The SMILES string of the molecule is CC12CCCCC1(C)N1c3cccc4c3B(c3cc(-c5ccccc5)cc2c31)c1cc(-c2ccccc2)cc2c3ccccc3n-4c12. The Morgan fingerprint density at radius 1 is 0.574 bits per heavy atom. The lowest BCUT2D eigenvalue weighted by atomic mass is 9.33. The summed E-state index contributed by atoms with van der Waals surface area (Å²) < 4.78 is 2.59. The number of benzene rings is 6. The van der Waals surface area contributed by atoms with Crippen LogP contribution in [0.25, 0.3) is 49.7 Å². The van der Waals surface area contributed by atoms with Crippen molar-refractivity contribution in [2.45, 2.75) is 50.5 Å². The Labute approximate surface area is 276 Å². The maximum atomic E-state index is 2.83. The zero-order valence-corrected chi connectivity index (χ0v) is 26.9. The zero-order chi connectivity index (χ0) is 31.1. The number of anilines is 2. The molecule has 1 aromatic heterocycles. The Kier molecular flexibility index (Phi) is 4.92. The van der Waals surface area contributed by atoms with E-state index in [1.165, 1.54) is 103 Å². The summed E-state index contributed by atoms with van der Waals surface area (Å²) in [6.45, 7) is 5.30. The summed E-state index contributed by atoms with van der Waals surface area (Å²) in [4.78, 5) is 2.83. The average Bonchev–Trinajstić information content (AvgIpc) is 3.56. The van der Waals surface area contributed by atoms with Crippen LogP contribution in [-0.4, -0.2) is 16.8 Å². The molecule has 0 radical (unpaired) electrons. The van der Waals surface area contributed by atoms with Gasteiger partial charge >= 0.3 is 0 Å². The second-order valence-corrected chi connectivity index (χ2v) is 14.8. The van der Waals surface area contributed by atoms with E-state index in [2.05, 4.69) is 151 Å². The van der Waals surface area contributed by atoms with Gasteiger partial charge in [0.1, 0.15) is 0 Å². The van der Waals surface area contributed by atoms with Crippen molar-refractivity contribution >= 4 is 56.3 Å². The molecule has 47 heavy (non-hydrogen) atoms. The highest BCUT2D eigenvalue weighted by molar-refractivity contribution is 7.00. The molecule has 2 nitrogen and oxygen atoms in total. The highest BCUT2D eigenvalue weighted by Crippen LogP contribution is 2.61. The van der Waals surface area contributed by atoms with Crippen molar-refractivity contribution in [3.63, 3.8) is 0 Å². The fourth-order valence-electron chi connectivity index (χ4n) is 10.4. The van der Waals surface area contributed by atoms with Crippen molar-refractivity contribution in [2.24, 2.45) is 0 Å². The van der Waals surface area contributed by atoms with E-state index in [9.17, 15) is 0 Å². The Morgan fingerprint density at radius 2 is 1.23 bits per heavy atom. The number of aromatic nitrogens is 1. The average molecular weight is 603 g/mol. The van der Waals surface area contributed by atoms with Crippen molar-refractivity contribution in [1.82, 2.24) is 4.57 Å². The number of fused-ring (bicyclic) bond motifs is 10. The predicted octanol–water partition coefficient (Wildman–Crippen LogP) is 9.00. The summed E-state index contributed by atoms with van der Waals surface area (Å²) in [7, 11) is 0. The van der Waals surface area contributed by atoms with E-state index in [1.54, 1.807) is 5.56 Å². The molecule has 1 saturated carbocycles. The fraction of sp³-hybridized carbons (Fsp3) is 0.182. The minimum atomic E-state index is 0.0119. The van der Waals surface area contributed by atoms with Crippen LogP contribution in [0, 0.1) is 0 Å². The van der Waals surface area contributed by atoms with E-state index in [1.807, 2.05) is 0 Å². The molecule has 6 aromatic carbocycles. The Morgan fingerprint density at radius 3 is 2.02 bits per heavy atom. The van der Waals surface area contributed by atoms with Crippen LogP contribution in [0.15, 0.2) is 127 Å². The van der Waals surface area contributed by atoms with Crippen LogP contribution in [0.5, 0.6) is 0 Å². The van der Waals surface area contributed by atoms with Crippen molar-refractivity contribution in [3.05, 3.63) is 133 Å². The zero-order valence-electron chi connectivity index (χ0n) is 26.9. The fourth-order valence-corrected chi connectivity index (χ4v) is 10.4. The van der Waals surface area contributed by atoms with Crippen LogP contribution in [0.2, 0.25) is 0 Å². The van der Waals surface area contributed by atoms with Gasteiger partial charge in [0.15, 0.2) is 0 Å². The lowest BCUT2D eigenvalue weighted by molar-refractivity contribution is 0.195. The molecule has 224 valence electrons. The number of nitrogens with zero attached hydrogens (tertiary/aromatic N) is 2. The Balaban J connectivity index is 1.33. The molecule has 0 spiro atoms. The third-order valence-electron chi connectivity index (χ3n) is 12.7. The maximum Gasteiger partial charge on any atom is 0.252 e. The molecule has 4 heterocycles. The van der Waals surface area contributed by atoms with Crippen LogP contribution in [0.3, 0.4) is 0 Å². The molecule has 1 aliphatic carbocycles. The second kappa shape index (κ2) is 8.86. The molecule has 0 bridgehead atoms. The van der Waals surface area contributed by atoms with Gasteiger partial charge in [-0.1, -0.05) is 117 Å². The van der Waals surface area contributed by atoms with Gasteiger partial charge in [0.25, 0.3) is 6.71 Å². The lowest BCUT2D eigenvalue weighted by Gasteiger charge is -2.52. The monoisotopic (exact) mass is 602 g/mol. The molecular formula is C44H35BN2. The van der Waals surface area contributed by atoms with Crippen LogP contribution >= 0.6 is 0 Å². The molecule has 11 rings (SSSR count). The van der Waals surface area contributed by atoms with Crippen molar-refractivity contribution < 1.29 is 0 Å². The largest absolute Gasteiger partial charge is 0.335 e. The molecule has 4 aliphatic rings. The predicted molar refractivity (Wildman–Crippen MR) is 199 cm³/mol. The summed E-state index contributed by atoms with van der Waals surface area (Å²) in [6.07, 6.45) is 5.00. The molecule has 1 fully saturated rings. The highest BCUT2D eigenvalue weighted by Gasteiger charge is 2.61. The molecule has 0 N–H and O–H groups in total. The van der Waals surface area contributed by atoms with E-state index in [4.69, 9.17) is 0 Å². The number of rotatable bonds is 2. The van der Waals surface area contributed by atoms with Crippen molar-refractivity contribution in [2.75, 3.05) is 4.90 Å². The van der Waals surface area contributed by atoms with Gasteiger partial charge < -0.3 is 9.47 Å². The van der Waals surface area contributed by atoms with E-state index in [0.29, 0.717) is 0 Å². The normalized spacial score (nSPS) is 21.6. The summed E-state index contributed by atoms with van der Waals surface area (Å²) in [5.41, 5.74) is 18.1.